The van der Waals surface area contributed by atoms with Gasteiger partial charge < -0.3 is 0 Å². The van der Waals surface area contributed by atoms with E-state index in [2.05, 4.69) is 243 Å². The van der Waals surface area contributed by atoms with E-state index in [4.69, 9.17) is 0 Å². The fourth-order valence-corrected chi connectivity index (χ4v) is 11.7. The Kier molecular flexibility index (Phi) is 8.08. The molecule has 0 atom stereocenters. The first-order chi connectivity index (χ1) is 32.8. The van der Waals surface area contributed by atoms with Gasteiger partial charge in [0.25, 0.3) is 0 Å². The van der Waals surface area contributed by atoms with E-state index in [1.165, 1.54) is 144 Å². The van der Waals surface area contributed by atoms with Crippen molar-refractivity contribution in [1.29, 1.82) is 0 Å². The van der Waals surface area contributed by atoms with E-state index < -0.39 is 0 Å². The van der Waals surface area contributed by atoms with Crippen molar-refractivity contribution < 1.29 is 0 Å². The van der Waals surface area contributed by atoms with Gasteiger partial charge in [-0.05, 0) is 150 Å². The molecule has 0 radical (unpaired) electrons. The number of rotatable bonds is 6. The second-order valence-corrected chi connectivity index (χ2v) is 17.8. The predicted octanol–water partition coefficient (Wildman–Crippen LogP) is 18.4. The Balaban J connectivity index is 0.986. The molecule has 0 bridgehead atoms. The number of hydrogen-bond acceptors (Lipinski definition) is 0. The molecular formula is C66H40. The number of fused-ring (bicyclic) bond motifs is 7. The highest BCUT2D eigenvalue weighted by Crippen LogP contribution is 2.60. The summed E-state index contributed by atoms with van der Waals surface area (Å²) in [5.41, 5.74) is 25.4. The third-order valence-electron chi connectivity index (χ3n) is 14.3. The minimum Gasteiger partial charge on any atom is -0.0622 e. The molecule has 0 fully saturated rings. The van der Waals surface area contributed by atoms with Crippen LogP contribution in [0.1, 0.15) is 0 Å². The molecule has 0 saturated carbocycles. The molecule has 0 N–H and O–H groups in total. The maximum absolute atomic E-state index is 2.46. The SMILES string of the molecule is c1ccc(-c2cc(-c3ccc(-c4ccc5c6c(cccc46)-c4c-5c(-c5ccccc5)c5ccccc5c4-c4ccccc4)cc3)c(-c3ccccc3)c3c2-c2cccc4cccc-3c24)cc1. The van der Waals surface area contributed by atoms with Crippen molar-refractivity contribution >= 4 is 32.3 Å². The first-order valence-corrected chi connectivity index (χ1v) is 23.0. The van der Waals surface area contributed by atoms with Crippen LogP contribution in [-0.2, 0) is 0 Å². The standard InChI is InChI=1S/C66H40/c1-5-18-41(19-6-1)57-40-56(61(47-24-11-4-12-25-47)64-53-32-16-27-44-26-15-31-52(58(44)53)63(57)64)43-36-34-42(35-37-43)48-38-39-55-62-49(48)30-17-33-54(62)65-59(45-20-7-2-8-21-45)50-28-13-14-29-51(50)60(66(55)65)46-22-9-3-10-23-46/h1-40H. The summed E-state index contributed by atoms with van der Waals surface area (Å²) in [6, 6.07) is 90.1. The van der Waals surface area contributed by atoms with E-state index in [0.717, 1.165) is 0 Å². The van der Waals surface area contributed by atoms with Gasteiger partial charge in [-0.1, -0.05) is 237 Å². The summed E-state index contributed by atoms with van der Waals surface area (Å²) in [5, 5.41) is 7.77. The van der Waals surface area contributed by atoms with Crippen LogP contribution in [0.3, 0.4) is 0 Å². The van der Waals surface area contributed by atoms with Gasteiger partial charge in [-0.2, -0.15) is 0 Å². The van der Waals surface area contributed by atoms with Crippen LogP contribution in [0, 0.1) is 0 Å². The second-order valence-electron chi connectivity index (χ2n) is 17.8. The third kappa shape index (κ3) is 5.33. The number of benzene rings is 12. The molecule has 2 aliphatic rings. The Morgan fingerprint density at radius 3 is 1.09 bits per heavy atom. The van der Waals surface area contributed by atoms with E-state index in [0.29, 0.717) is 0 Å². The molecular weight excluding hydrogens is 793 g/mol. The fraction of sp³-hybridized carbons (Fsp3) is 0. The van der Waals surface area contributed by atoms with Crippen molar-refractivity contribution in [3.8, 4) is 111 Å². The summed E-state index contributed by atoms with van der Waals surface area (Å²) >= 11 is 0. The molecule has 0 amide bonds. The zero-order chi connectivity index (χ0) is 43.3. The van der Waals surface area contributed by atoms with Crippen LogP contribution in [0.5, 0.6) is 0 Å². The van der Waals surface area contributed by atoms with Crippen molar-refractivity contribution in [3.63, 3.8) is 0 Å². The quantitative estimate of drug-likeness (QED) is 0.157. The lowest BCUT2D eigenvalue weighted by Crippen LogP contribution is -1.94. The average molecular weight is 833 g/mol. The van der Waals surface area contributed by atoms with Gasteiger partial charge >= 0.3 is 0 Å². The normalized spacial score (nSPS) is 11.9. The van der Waals surface area contributed by atoms with Gasteiger partial charge in [0.1, 0.15) is 0 Å². The lowest BCUT2D eigenvalue weighted by molar-refractivity contribution is 1.56. The average Bonchev–Trinajstić information content (AvgIpc) is 3.91. The Morgan fingerprint density at radius 2 is 0.530 bits per heavy atom. The van der Waals surface area contributed by atoms with Crippen LogP contribution < -0.4 is 0 Å². The molecule has 0 unspecified atom stereocenters. The van der Waals surface area contributed by atoms with Crippen molar-refractivity contribution in [2.75, 3.05) is 0 Å². The zero-order valence-electron chi connectivity index (χ0n) is 36.1. The molecule has 0 heteroatoms. The summed E-state index contributed by atoms with van der Waals surface area (Å²) in [4.78, 5) is 0. The van der Waals surface area contributed by atoms with Crippen LogP contribution in [0.2, 0.25) is 0 Å². The van der Waals surface area contributed by atoms with Crippen LogP contribution in [-0.4, -0.2) is 0 Å². The van der Waals surface area contributed by atoms with Gasteiger partial charge in [-0.15, -0.1) is 0 Å². The first-order valence-electron chi connectivity index (χ1n) is 23.0. The molecule has 0 heterocycles. The molecule has 304 valence electrons. The largest absolute Gasteiger partial charge is 0.0622 e. The summed E-state index contributed by atoms with van der Waals surface area (Å²) in [7, 11) is 0. The van der Waals surface area contributed by atoms with Crippen LogP contribution in [0.25, 0.3) is 144 Å². The van der Waals surface area contributed by atoms with Gasteiger partial charge in [-0.3, -0.25) is 0 Å². The summed E-state index contributed by atoms with van der Waals surface area (Å²) in [6.45, 7) is 0. The minimum atomic E-state index is 1.20. The summed E-state index contributed by atoms with van der Waals surface area (Å²) in [5.74, 6) is 0. The minimum absolute atomic E-state index is 1.20. The Morgan fingerprint density at radius 1 is 0.167 bits per heavy atom. The Bertz CT molecular complexity index is 3820. The molecule has 0 saturated heterocycles. The molecule has 14 rings (SSSR count). The topological polar surface area (TPSA) is 0 Å². The number of hydrogen-bond donors (Lipinski definition) is 0. The molecule has 66 heavy (non-hydrogen) atoms. The summed E-state index contributed by atoms with van der Waals surface area (Å²) < 4.78 is 0. The van der Waals surface area contributed by atoms with Crippen LogP contribution in [0.15, 0.2) is 243 Å². The molecule has 12 aromatic carbocycles. The van der Waals surface area contributed by atoms with Crippen molar-refractivity contribution in [2.45, 2.75) is 0 Å². The van der Waals surface area contributed by atoms with Gasteiger partial charge in [-0.25, -0.2) is 0 Å². The lowest BCUT2D eigenvalue weighted by Gasteiger charge is -2.21. The van der Waals surface area contributed by atoms with E-state index in [1.807, 2.05) is 0 Å². The Hall–Kier alpha value is -8.58. The highest BCUT2D eigenvalue weighted by atomic mass is 14.3. The van der Waals surface area contributed by atoms with Crippen molar-refractivity contribution in [3.05, 3.63) is 243 Å². The van der Waals surface area contributed by atoms with Gasteiger partial charge in [0.15, 0.2) is 0 Å². The molecule has 0 aromatic heterocycles. The lowest BCUT2D eigenvalue weighted by atomic mass is 9.82. The highest BCUT2D eigenvalue weighted by Gasteiger charge is 2.32. The first kappa shape index (κ1) is 36.9. The van der Waals surface area contributed by atoms with Crippen molar-refractivity contribution in [1.82, 2.24) is 0 Å². The molecule has 0 nitrogen and oxygen atoms in total. The maximum atomic E-state index is 2.46. The van der Waals surface area contributed by atoms with Gasteiger partial charge in [0.2, 0.25) is 0 Å². The van der Waals surface area contributed by atoms with E-state index in [9.17, 15) is 0 Å². The Labute approximate surface area is 384 Å². The van der Waals surface area contributed by atoms with E-state index >= 15 is 0 Å². The monoisotopic (exact) mass is 832 g/mol. The van der Waals surface area contributed by atoms with Gasteiger partial charge in [0.05, 0.1) is 0 Å². The molecule has 2 aliphatic carbocycles. The van der Waals surface area contributed by atoms with E-state index in [-0.39, 0.29) is 0 Å². The fourth-order valence-electron chi connectivity index (χ4n) is 11.7. The van der Waals surface area contributed by atoms with Crippen LogP contribution >= 0.6 is 0 Å². The third-order valence-corrected chi connectivity index (χ3v) is 14.3. The smallest absolute Gasteiger partial charge is 0.000741 e. The highest BCUT2D eigenvalue weighted by molar-refractivity contribution is 6.29. The zero-order valence-corrected chi connectivity index (χ0v) is 36.1. The van der Waals surface area contributed by atoms with Gasteiger partial charge in [0, 0.05) is 0 Å². The second kappa shape index (κ2) is 14.5. The van der Waals surface area contributed by atoms with Crippen LogP contribution in [0.4, 0.5) is 0 Å². The predicted molar refractivity (Wildman–Crippen MR) is 280 cm³/mol. The molecule has 0 spiro atoms. The summed E-state index contributed by atoms with van der Waals surface area (Å²) in [6.07, 6.45) is 0. The van der Waals surface area contributed by atoms with Crippen molar-refractivity contribution in [2.24, 2.45) is 0 Å². The maximum Gasteiger partial charge on any atom is -0.000741 e. The molecule has 0 aliphatic heterocycles. The van der Waals surface area contributed by atoms with E-state index in [1.54, 1.807) is 0 Å². The molecule has 12 aromatic rings.